The summed E-state index contributed by atoms with van der Waals surface area (Å²) in [6, 6.07) is 2.29. The first-order chi connectivity index (χ1) is 9.70. The number of likely N-dealkylation sites (tertiary alicyclic amines) is 1. The molecule has 3 heteroatoms. The average Bonchev–Trinajstić information content (AvgIpc) is 2.80. The van der Waals surface area contributed by atoms with E-state index in [4.69, 9.17) is 0 Å². The van der Waals surface area contributed by atoms with Crippen molar-refractivity contribution in [1.82, 2.24) is 15.1 Å². The first kappa shape index (κ1) is 16.3. The van der Waals surface area contributed by atoms with Gasteiger partial charge in [-0.1, -0.05) is 6.92 Å². The van der Waals surface area contributed by atoms with Crippen LogP contribution in [0.4, 0.5) is 0 Å². The van der Waals surface area contributed by atoms with Gasteiger partial charge in [0.25, 0.3) is 0 Å². The van der Waals surface area contributed by atoms with Crippen LogP contribution in [0.1, 0.15) is 59.3 Å². The van der Waals surface area contributed by atoms with Crippen molar-refractivity contribution in [2.45, 2.75) is 77.4 Å². The van der Waals surface area contributed by atoms with Gasteiger partial charge in [0.05, 0.1) is 0 Å². The average molecular weight is 281 g/mol. The zero-order chi connectivity index (χ0) is 14.4. The highest BCUT2D eigenvalue weighted by molar-refractivity contribution is 4.84. The van der Waals surface area contributed by atoms with Gasteiger partial charge in [0.15, 0.2) is 0 Å². The third-order valence-electron chi connectivity index (χ3n) is 5.11. The van der Waals surface area contributed by atoms with Crippen molar-refractivity contribution >= 4 is 0 Å². The van der Waals surface area contributed by atoms with Crippen molar-refractivity contribution in [2.24, 2.45) is 0 Å². The highest BCUT2D eigenvalue weighted by atomic mass is 15.2. The van der Waals surface area contributed by atoms with Gasteiger partial charge >= 0.3 is 0 Å². The van der Waals surface area contributed by atoms with Crippen LogP contribution in [-0.2, 0) is 0 Å². The SMILES string of the molecule is CCCN(CC1CCCN1)C1CCCN(C(C)C)CC1. The highest BCUT2D eigenvalue weighted by Gasteiger charge is 2.26. The molecule has 20 heavy (non-hydrogen) atoms. The number of nitrogens with zero attached hydrogens (tertiary/aromatic N) is 2. The Hall–Kier alpha value is -0.120. The van der Waals surface area contributed by atoms with Crippen LogP contribution in [0.25, 0.3) is 0 Å². The molecule has 2 atom stereocenters. The smallest absolute Gasteiger partial charge is 0.0195 e. The molecule has 0 aromatic rings. The Bertz CT molecular complexity index is 261. The van der Waals surface area contributed by atoms with Gasteiger partial charge in [-0.05, 0) is 78.6 Å². The van der Waals surface area contributed by atoms with Crippen LogP contribution in [0.3, 0.4) is 0 Å². The van der Waals surface area contributed by atoms with E-state index in [1.165, 1.54) is 71.2 Å². The molecule has 2 heterocycles. The van der Waals surface area contributed by atoms with Crippen LogP contribution in [0.5, 0.6) is 0 Å². The van der Waals surface area contributed by atoms with E-state index in [2.05, 4.69) is 35.9 Å². The quantitative estimate of drug-likeness (QED) is 0.807. The molecular formula is C17H35N3. The Balaban J connectivity index is 1.87. The summed E-state index contributed by atoms with van der Waals surface area (Å²) < 4.78 is 0. The molecule has 0 spiro atoms. The van der Waals surface area contributed by atoms with E-state index in [0.717, 1.165) is 12.1 Å². The van der Waals surface area contributed by atoms with E-state index in [1.807, 2.05) is 0 Å². The molecule has 0 radical (unpaired) electrons. The van der Waals surface area contributed by atoms with E-state index < -0.39 is 0 Å². The fourth-order valence-electron chi connectivity index (χ4n) is 3.89. The third-order valence-corrected chi connectivity index (χ3v) is 5.11. The first-order valence-electron chi connectivity index (χ1n) is 8.92. The van der Waals surface area contributed by atoms with Gasteiger partial charge < -0.3 is 10.2 Å². The second kappa shape index (κ2) is 8.35. The summed E-state index contributed by atoms with van der Waals surface area (Å²) in [5.41, 5.74) is 0. The molecule has 0 aromatic heterocycles. The van der Waals surface area contributed by atoms with Gasteiger partial charge in [0.2, 0.25) is 0 Å². The van der Waals surface area contributed by atoms with E-state index >= 15 is 0 Å². The summed E-state index contributed by atoms with van der Waals surface area (Å²) in [6.07, 6.45) is 8.18. The molecule has 2 fully saturated rings. The predicted octanol–water partition coefficient (Wildman–Crippen LogP) is 2.71. The number of rotatable bonds is 6. The maximum absolute atomic E-state index is 3.68. The molecule has 0 aromatic carbocycles. The topological polar surface area (TPSA) is 18.5 Å². The van der Waals surface area contributed by atoms with Crippen LogP contribution in [0.2, 0.25) is 0 Å². The lowest BCUT2D eigenvalue weighted by Crippen LogP contribution is -2.44. The molecule has 118 valence electrons. The molecule has 2 aliphatic rings. The van der Waals surface area contributed by atoms with Crippen LogP contribution < -0.4 is 5.32 Å². The van der Waals surface area contributed by atoms with Crippen molar-refractivity contribution in [3.63, 3.8) is 0 Å². The van der Waals surface area contributed by atoms with Gasteiger partial charge in [0.1, 0.15) is 0 Å². The molecule has 0 bridgehead atoms. The lowest BCUT2D eigenvalue weighted by atomic mass is 10.1. The molecule has 1 N–H and O–H groups in total. The summed E-state index contributed by atoms with van der Waals surface area (Å²) in [5.74, 6) is 0. The minimum absolute atomic E-state index is 0.713. The molecule has 0 amide bonds. The van der Waals surface area contributed by atoms with Crippen LogP contribution in [0.15, 0.2) is 0 Å². The molecule has 2 rings (SSSR count). The Kier molecular flexibility index (Phi) is 6.79. The fraction of sp³-hybridized carbons (Fsp3) is 1.00. The molecular weight excluding hydrogens is 246 g/mol. The van der Waals surface area contributed by atoms with Crippen molar-refractivity contribution in [3.05, 3.63) is 0 Å². The van der Waals surface area contributed by atoms with Crippen LogP contribution in [0, 0.1) is 0 Å². The summed E-state index contributed by atoms with van der Waals surface area (Å²) in [6.45, 7) is 13.4. The van der Waals surface area contributed by atoms with E-state index in [9.17, 15) is 0 Å². The lowest BCUT2D eigenvalue weighted by Gasteiger charge is -2.33. The van der Waals surface area contributed by atoms with Crippen molar-refractivity contribution in [3.8, 4) is 0 Å². The fourth-order valence-corrected chi connectivity index (χ4v) is 3.89. The minimum Gasteiger partial charge on any atom is -0.313 e. The Labute approximate surface area is 126 Å². The second-order valence-electron chi connectivity index (χ2n) is 7.00. The van der Waals surface area contributed by atoms with Crippen LogP contribution in [-0.4, -0.2) is 60.6 Å². The lowest BCUT2D eigenvalue weighted by molar-refractivity contribution is 0.159. The summed E-state index contributed by atoms with van der Waals surface area (Å²) in [4.78, 5) is 5.46. The highest BCUT2D eigenvalue weighted by Crippen LogP contribution is 2.20. The Morgan fingerprint density at radius 3 is 2.65 bits per heavy atom. The van der Waals surface area contributed by atoms with Gasteiger partial charge in [-0.25, -0.2) is 0 Å². The molecule has 2 unspecified atom stereocenters. The van der Waals surface area contributed by atoms with E-state index in [-0.39, 0.29) is 0 Å². The Morgan fingerprint density at radius 2 is 2.00 bits per heavy atom. The normalized spacial score (nSPS) is 29.2. The van der Waals surface area contributed by atoms with Gasteiger partial charge in [-0.3, -0.25) is 4.90 Å². The van der Waals surface area contributed by atoms with Crippen molar-refractivity contribution < 1.29 is 0 Å². The molecule has 0 aliphatic carbocycles. The van der Waals surface area contributed by atoms with Gasteiger partial charge in [-0.15, -0.1) is 0 Å². The third kappa shape index (κ3) is 4.71. The summed E-state index contributed by atoms with van der Waals surface area (Å²) >= 11 is 0. The maximum Gasteiger partial charge on any atom is 0.0195 e. The second-order valence-corrected chi connectivity index (χ2v) is 7.00. The summed E-state index contributed by atoms with van der Waals surface area (Å²) in [7, 11) is 0. The van der Waals surface area contributed by atoms with Crippen LogP contribution >= 0.6 is 0 Å². The van der Waals surface area contributed by atoms with Gasteiger partial charge in [0, 0.05) is 24.7 Å². The van der Waals surface area contributed by atoms with Crippen molar-refractivity contribution in [2.75, 3.05) is 32.7 Å². The molecule has 2 aliphatic heterocycles. The molecule has 0 saturated carbocycles. The zero-order valence-corrected chi connectivity index (χ0v) is 13.9. The standard InChI is InChI=1S/C17H35N3/c1-4-11-20(14-16-7-5-10-18-16)17-8-6-12-19(13-9-17)15(2)3/h15-18H,4-14H2,1-3H3. The van der Waals surface area contributed by atoms with Gasteiger partial charge in [-0.2, -0.15) is 0 Å². The molecule has 2 saturated heterocycles. The largest absolute Gasteiger partial charge is 0.313 e. The number of nitrogens with one attached hydrogen (secondary N) is 1. The molecule has 3 nitrogen and oxygen atoms in total. The number of hydrogen-bond acceptors (Lipinski definition) is 3. The summed E-state index contributed by atoms with van der Waals surface area (Å²) in [5, 5.41) is 3.68. The van der Waals surface area contributed by atoms with E-state index in [0.29, 0.717) is 6.04 Å². The maximum atomic E-state index is 3.68. The van der Waals surface area contributed by atoms with E-state index in [1.54, 1.807) is 0 Å². The Morgan fingerprint density at radius 1 is 1.15 bits per heavy atom. The predicted molar refractivity (Wildman–Crippen MR) is 87.2 cm³/mol. The zero-order valence-electron chi connectivity index (χ0n) is 13.9. The number of hydrogen-bond donors (Lipinski definition) is 1. The monoisotopic (exact) mass is 281 g/mol. The first-order valence-corrected chi connectivity index (χ1v) is 8.92. The minimum atomic E-state index is 0.713. The van der Waals surface area contributed by atoms with Crippen molar-refractivity contribution in [1.29, 1.82) is 0 Å².